The van der Waals surface area contributed by atoms with Gasteiger partial charge in [-0.1, -0.05) is 42.5 Å². The molecule has 3 aromatic rings. The first kappa shape index (κ1) is 21.0. The molecule has 0 heterocycles. The summed E-state index contributed by atoms with van der Waals surface area (Å²) >= 11 is 0. The van der Waals surface area contributed by atoms with Gasteiger partial charge in [0.25, 0.3) is 11.8 Å². The Labute approximate surface area is 175 Å². The van der Waals surface area contributed by atoms with Gasteiger partial charge in [0.1, 0.15) is 0 Å². The number of nitrogens with one attached hydrogen (secondary N) is 1. The Morgan fingerprint density at radius 3 is 2.37 bits per heavy atom. The van der Waals surface area contributed by atoms with Gasteiger partial charge in [-0.05, 0) is 48.9 Å². The fourth-order valence-corrected chi connectivity index (χ4v) is 3.23. The van der Waals surface area contributed by atoms with Gasteiger partial charge in [-0.15, -0.1) is 0 Å². The molecule has 0 aliphatic carbocycles. The van der Waals surface area contributed by atoms with Crippen LogP contribution in [-0.4, -0.2) is 42.4 Å². The van der Waals surface area contributed by atoms with E-state index in [1.807, 2.05) is 44.2 Å². The van der Waals surface area contributed by atoms with Crippen LogP contribution in [0.3, 0.4) is 0 Å². The maximum atomic E-state index is 12.5. The molecule has 0 atom stereocenters. The molecule has 3 aromatic carbocycles. The molecule has 0 fully saturated rings. The van der Waals surface area contributed by atoms with Crippen LogP contribution in [0.15, 0.2) is 66.7 Å². The fourth-order valence-electron chi connectivity index (χ4n) is 3.23. The monoisotopic (exact) mass is 404 g/mol. The van der Waals surface area contributed by atoms with E-state index in [-0.39, 0.29) is 5.91 Å². The van der Waals surface area contributed by atoms with E-state index in [4.69, 9.17) is 4.74 Å². The van der Waals surface area contributed by atoms with Crippen molar-refractivity contribution in [1.29, 1.82) is 0 Å². The van der Waals surface area contributed by atoms with Crippen LogP contribution < -0.4 is 5.32 Å². The minimum atomic E-state index is -0.563. The lowest BCUT2D eigenvalue weighted by molar-refractivity contribution is -0.119. The highest BCUT2D eigenvalue weighted by molar-refractivity contribution is 6.05. The minimum Gasteiger partial charge on any atom is -0.452 e. The average molecular weight is 404 g/mol. The Kier molecular flexibility index (Phi) is 6.80. The molecule has 1 N–H and O–H groups in total. The standard InChI is InChI=1S/C24H24N2O4/c1-3-26(4-2)23(28)18-11-7-12-19(15-18)25-22(27)16-30-24(29)21-14-8-10-17-9-5-6-13-20(17)21/h5-15H,3-4,16H2,1-2H3,(H,25,27). The molecule has 6 nitrogen and oxygen atoms in total. The third-order valence-electron chi connectivity index (χ3n) is 4.79. The molecule has 0 saturated heterocycles. The zero-order valence-electron chi connectivity index (χ0n) is 17.1. The van der Waals surface area contributed by atoms with E-state index >= 15 is 0 Å². The Morgan fingerprint density at radius 1 is 0.900 bits per heavy atom. The van der Waals surface area contributed by atoms with Crippen molar-refractivity contribution in [2.24, 2.45) is 0 Å². The van der Waals surface area contributed by atoms with Crippen molar-refractivity contribution in [3.05, 3.63) is 77.9 Å². The van der Waals surface area contributed by atoms with Crippen LogP contribution in [0.4, 0.5) is 5.69 Å². The second-order valence-electron chi connectivity index (χ2n) is 6.71. The highest BCUT2D eigenvalue weighted by Gasteiger charge is 2.15. The first-order valence-corrected chi connectivity index (χ1v) is 9.87. The van der Waals surface area contributed by atoms with Crippen LogP contribution in [-0.2, 0) is 9.53 Å². The predicted molar refractivity (Wildman–Crippen MR) is 117 cm³/mol. The highest BCUT2D eigenvalue weighted by Crippen LogP contribution is 2.19. The molecule has 3 rings (SSSR count). The molecule has 0 aromatic heterocycles. The lowest BCUT2D eigenvalue weighted by atomic mass is 10.1. The fraction of sp³-hybridized carbons (Fsp3) is 0.208. The van der Waals surface area contributed by atoms with Crippen molar-refractivity contribution in [3.8, 4) is 0 Å². The number of fused-ring (bicyclic) bond motifs is 1. The van der Waals surface area contributed by atoms with Crippen LogP contribution in [0.5, 0.6) is 0 Å². The Morgan fingerprint density at radius 2 is 1.60 bits per heavy atom. The number of anilines is 1. The van der Waals surface area contributed by atoms with E-state index in [1.54, 1.807) is 41.3 Å². The van der Waals surface area contributed by atoms with E-state index in [0.717, 1.165) is 10.8 Å². The van der Waals surface area contributed by atoms with Crippen molar-refractivity contribution in [3.63, 3.8) is 0 Å². The Bertz CT molecular complexity index is 1070. The molecule has 0 aliphatic heterocycles. The summed E-state index contributed by atoms with van der Waals surface area (Å²) < 4.78 is 5.19. The van der Waals surface area contributed by atoms with Crippen molar-refractivity contribution >= 4 is 34.2 Å². The first-order chi connectivity index (χ1) is 14.5. The molecule has 2 amide bonds. The van der Waals surface area contributed by atoms with Gasteiger partial charge in [0, 0.05) is 24.3 Å². The van der Waals surface area contributed by atoms with Crippen LogP contribution in [0, 0.1) is 0 Å². The summed E-state index contributed by atoms with van der Waals surface area (Å²) in [6.45, 7) is 4.62. The van der Waals surface area contributed by atoms with E-state index in [0.29, 0.717) is 29.9 Å². The number of esters is 1. The molecule has 0 unspecified atom stereocenters. The van der Waals surface area contributed by atoms with Crippen LogP contribution in [0.2, 0.25) is 0 Å². The number of nitrogens with zero attached hydrogens (tertiary/aromatic N) is 1. The summed E-state index contributed by atoms with van der Waals surface area (Å²) in [4.78, 5) is 38.9. The van der Waals surface area contributed by atoms with Crippen molar-refractivity contribution in [2.75, 3.05) is 25.0 Å². The van der Waals surface area contributed by atoms with Crippen molar-refractivity contribution < 1.29 is 19.1 Å². The first-order valence-electron chi connectivity index (χ1n) is 9.87. The molecular formula is C24H24N2O4. The molecule has 30 heavy (non-hydrogen) atoms. The van der Waals surface area contributed by atoms with Crippen LogP contribution >= 0.6 is 0 Å². The van der Waals surface area contributed by atoms with Gasteiger partial charge in [0.05, 0.1) is 5.56 Å². The maximum Gasteiger partial charge on any atom is 0.339 e. The maximum absolute atomic E-state index is 12.5. The molecule has 0 bridgehead atoms. The zero-order chi connectivity index (χ0) is 21.5. The van der Waals surface area contributed by atoms with Gasteiger partial charge in [-0.3, -0.25) is 9.59 Å². The second kappa shape index (κ2) is 9.69. The topological polar surface area (TPSA) is 75.7 Å². The normalized spacial score (nSPS) is 10.5. The molecule has 0 aliphatic rings. The molecular weight excluding hydrogens is 380 g/mol. The number of carbonyl (C=O) groups excluding carboxylic acids is 3. The van der Waals surface area contributed by atoms with Crippen LogP contribution in [0.25, 0.3) is 10.8 Å². The summed E-state index contributed by atoms with van der Waals surface area (Å²) in [5.41, 5.74) is 1.37. The molecule has 154 valence electrons. The summed E-state index contributed by atoms with van der Waals surface area (Å²) in [6.07, 6.45) is 0. The molecule has 0 spiro atoms. The zero-order valence-corrected chi connectivity index (χ0v) is 17.1. The molecule has 0 radical (unpaired) electrons. The van der Waals surface area contributed by atoms with E-state index < -0.39 is 18.5 Å². The Hall–Kier alpha value is -3.67. The van der Waals surface area contributed by atoms with Crippen molar-refractivity contribution in [2.45, 2.75) is 13.8 Å². The number of benzene rings is 3. The Balaban J connectivity index is 1.63. The number of carbonyl (C=O) groups is 3. The van der Waals surface area contributed by atoms with Gasteiger partial charge in [0.15, 0.2) is 6.61 Å². The number of hydrogen-bond donors (Lipinski definition) is 1. The molecule has 0 saturated carbocycles. The van der Waals surface area contributed by atoms with Crippen LogP contribution in [0.1, 0.15) is 34.6 Å². The largest absolute Gasteiger partial charge is 0.452 e. The van der Waals surface area contributed by atoms with Gasteiger partial charge in [-0.25, -0.2) is 4.79 Å². The van der Waals surface area contributed by atoms with Gasteiger partial charge in [-0.2, -0.15) is 0 Å². The third kappa shape index (κ3) is 4.84. The predicted octanol–water partition coefficient (Wildman–Crippen LogP) is 4.12. The van der Waals surface area contributed by atoms with E-state index in [1.165, 1.54) is 0 Å². The van der Waals surface area contributed by atoms with Gasteiger partial charge >= 0.3 is 5.97 Å². The summed E-state index contributed by atoms with van der Waals surface area (Å²) in [6, 6.07) is 19.5. The number of hydrogen-bond acceptors (Lipinski definition) is 4. The average Bonchev–Trinajstić information content (AvgIpc) is 2.78. The third-order valence-corrected chi connectivity index (χ3v) is 4.79. The summed E-state index contributed by atoms with van der Waals surface area (Å²) in [5, 5.41) is 4.36. The lowest BCUT2D eigenvalue weighted by Gasteiger charge is -2.19. The quantitative estimate of drug-likeness (QED) is 0.601. The SMILES string of the molecule is CCN(CC)C(=O)c1cccc(NC(=O)COC(=O)c2cccc3ccccc23)c1. The van der Waals surface area contributed by atoms with E-state index in [9.17, 15) is 14.4 Å². The lowest BCUT2D eigenvalue weighted by Crippen LogP contribution is -2.30. The van der Waals surface area contributed by atoms with Gasteiger partial charge in [0.2, 0.25) is 0 Å². The summed E-state index contributed by atoms with van der Waals surface area (Å²) in [5.74, 6) is -1.14. The summed E-state index contributed by atoms with van der Waals surface area (Å²) in [7, 11) is 0. The number of ether oxygens (including phenoxy) is 1. The van der Waals surface area contributed by atoms with Gasteiger partial charge < -0.3 is 15.0 Å². The minimum absolute atomic E-state index is 0.0986. The van der Waals surface area contributed by atoms with E-state index in [2.05, 4.69) is 5.32 Å². The second-order valence-corrected chi connectivity index (χ2v) is 6.71. The number of amides is 2. The molecule has 6 heteroatoms. The number of rotatable bonds is 7. The smallest absolute Gasteiger partial charge is 0.339 e. The highest BCUT2D eigenvalue weighted by atomic mass is 16.5. The van der Waals surface area contributed by atoms with Crippen molar-refractivity contribution in [1.82, 2.24) is 4.90 Å².